The van der Waals surface area contributed by atoms with Gasteiger partial charge in [-0.25, -0.2) is 4.39 Å². The molecule has 1 fully saturated rings. The first-order chi connectivity index (χ1) is 13.2. The molecule has 0 aliphatic carbocycles. The molecule has 0 saturated carbocycles. The Morgan fingerprint density at radius 3 is 2.79 bits per heavy atom. The number of hydrogen-bond acceptors (Lipinski definition) is 3. The van der Waals surface area contributed by atoms with E-state index < -0.39 is 18.6 Å². The minimum absolute atomic E-state index is 0.00576. The molecule has 0 radical (unpaired) electrons. The molecule has 10 heteroatoms. The third-order valence-electron chi connectivity index (χ3n) is 4.41. The van der Waals surface area contributed by atoms with Gasteiger partial charge in [0.25, 0.3) is 0 Å². The van der Waals surface area contributed by atoms with Gasteiger partial charge in [0.1, 0.15) is 12.4 Å². The van der Waals surface area contributed by atoms with Crippen molar-refractivity contribution in [1.29, 1.82) is 0 Å². The van der Waals surface area contributed by atoms with Crippen molar-refractivity contribution in [2.45, 2.75) is 25.1 Å². The van der Waals surface area contributed by atoms with E-state index in [0.29, 0.717) is 17.4 Å². The molecule has 1 heterocycles. The number of nitrogens with one attached hydrogen (secondary N) is 2. The van der Waals surface area contributed by atoms with Crippen molar-refractivity contribution in [2.24, 2.45) is 4.99 Å². The molecule has 6 nitrogen and oxygen atoms in total. The minimum Gasteiger partial charge on any atom is -0.369 e. The summed E-state index contributed by atoms with van der Waals surface area (Å²) in [4.78, 5) is 18.5. The summed E-state index contributed by atoms with van der Waals surface area (Å²) in [5, 5.41) is 5.92. The number of aliphatic imine (C=N–C) groups is 1. The van der Waals surface area contributed by atoms with E-state index in [2.05, 4.69) is 20.5 Å². The van der Waals surface area contributed by atoms with Crippen LogP contribution < -0.4 is 15.5 Å². The van der Waals surface area contributed by atoms with E-state index in [0.717, 1.165) is 32.1 Å². The second-order valence-corrected chi connectivity index (χ2v) is 6.70. The van der Waals surface area contributed by atoms with Gasteiger partial charge >= 0.3 is 6.18 Å². The van der Waals surface area contributed by atoms with Gasteiger partial charge in [-0.1, -0.05) is 6.07 Å². The van der Waals surface area contributed by atoms with Gasteiger partial charge < -0.3 is 20.4 Å². The van der Waals surface area contributed by atoms with Crippen molar-refractivity contribution in [3.05, 3.63) is 30.1 Å². The molecule has 1 saturated heterocycles. The van der Waals surface area contributed by atoms with Gasteiger partial charge in [-0.15, -0.1) is 0 Å². The van der Waals surface area contributed by atoms with Crippen molar-refractivity contribution >= 4 is 17.6 Å². The highest BCUT2D eigenvalue weighted by Gasteiger charge is 2.31. The molecule has 0 aromatic heterocycles. The first-order valence-electron chi connectivity index (χ1n) is 8.96. The highest BCUT2D eigenvalue weighted by molar-refractivity contribution is 5.86. The predicted octanol–water partition coefficient (Wildman–Crippen LogP) is 1.98. The molecule has 156 valence electrons. The van der Waals surface area contributed by atoms with Gasteiger partial charge in [0.2, 0.25) is 5.91 Å². The van der Waals surface area contributed by atoms with Gasteiger partial charge in [-0.2, -0.15) is 13.2 Å². The van der Waals surface area contributed by atoms with Crippen LogP contribution in [0.25, 0.3) is 0 Å². The van der Waals surface area contributed by atoms with E-state index in [1.54, 1.807) is 6.07 Å². The zero-order valence-electron chi connectivity index (χ0n) is 15.9. The van der Waals surface area contributed by atoms with E-state index in [-0.39, 0.29) is 18.4 Å². The molecule has 2 rings (SSSR count). The Hall–Kier alpha value is -2.52. The lowest BCUT2D eigenvalue weighted by molar-refractivity contribution is -0.157. The maximum absolute atomic E-state index is 13.5. The van der Waals surface area contributed by atoms with Crippen LogP contribution in [0.4, 0.5) is 23.2 Å². The van der Waals surface area contributed by atoms with Gasteiger partial charge in [0.15, 0.2) is 5.96 Å². The van der Waals surface area contributed by atoms with Crippen LogP contribution in [0.2, 0.25) is 0 Å². The Bertz CT molecular complexity index is 695. The zero-order valence-corrected chi connectivity index (χ0v) is 15.9. The van der Waals surface area contributed by atoms with E-state index in [4.69, 9.17) is 0 Å². The molecule has 1 aromatic rings. The SMILES string of the molecule is CN=C(NCC(=O)N(C)CC(F)(F)F)NC1CCCN(c2cccc(F)c2)C1. The molecule has 28 heavy (non-hydrogen) atoms. The number of guanidine groups is 1. The predicted molar refractivity (Wildman–Crippen MR) is 99.8 cm³/mol. The monoisotopic (exact) mass is 403 g/mol. The summed E-state index contributed by atoms with van der Waals surface area (Å²) in [6.07, 6.45) is -2.69. The van der Waals surface area contributed by atoms with E-state index in [1.807, 2.05) is 6.07 Å². The zero-order chi connectivity index (χ0) is 20.7. The van der Waals surface area contributed by atoms with Crippen molar-refractivity contribution in [2.75, 3.05) is 45.2 Å². The fourth-order valence-electron chi connectivity index (χ4n) is 3.04. The second kappa shape index (κ2) is 9.61. The Morgan fingerprint density at radius 1 is 1.39 bits per heavy atom. The largest absolute Gasteiger partial charge is 0.406 e. The lowest BCUT2D eigenvalue weighted by Crippen LogP contribution is -2.52. The minimum atomic E-state index is -4.44. The fourth-order valence-corrected chi connectivity index (χ4v) is 3.04. The molecule has 1 unspecified atom stereocenters. The Balaban J connectivity index is 1.86. The lowest BCUT2D eigenvalue weighted by atomic mass is 10.0. The summed E-state index contributed by atoms with van der Waals surface area (Å²) in [7, 11) is 2.62. The van der Waals surface area contributed by atoms with Gasteiger partial charge in [-0.05, 0) is 31.0 Å². The third kappa shape index (κ3) is 6.90. The maximum atomic E-state index is 13.5. The number of carbonyl (C=O) groups excluding carboxylic acids is 1. The Kier molecular flexibility index (Phi) is 7.47. The van der Waals surface area contributed by atoms with Crippen LogP contribution in [0.15, 0.2) is 29.3 Å². The standard InChI is InChI=1S/C18H25F4N5O/c1-23-17(24-10-16(28)26(2)12-18(20,21)22)25-14-6-4-8-27(11-14)15-7-3-5-13(19)9-15/h3,5,7,9,14H,4,6,8,10-12H2,1-2H3,(H2,23,24,25). The molecule has 1 aliphatic heterocycles. The number of rotatable bonds is 5. The number of halogens is 4. The molecule has 0 spiro atoms. The number of carbonyl (C=O) groups is 1. The number of alkyl halides is 3. The highest BCUT2D eigenvalue weighted by atomic mass is 19.4. The fraction of sp³-hybridized carbons (Fsp3) is 0.556. The van der Waals surface area contributed by atoms with E-state index in [1.165, 1.54) is 19.2 Å². The topological polar surface area (TPSA) is 60.0 Å². The number of nitrogens with zero attached hydrogens (tertiary/aromatic N) is 3. The molecule has 1 amide bonds. The van der Waals surface area contributed by atoms with Crippen LogP contribution in [0.3, 0.4) is 0 Å². The van der Waals surface area contributed by atoms with Gasteiger partial charge in [0.05, 0.1) is 6.54 Å². The summed E-state index contributed by atoms with van der Waals surface area (Å²) >= 11 is 0. The summed E-state index contributed by atoms with van der Waals surface area (Å²) in [6.45, 7) is -0.183. The summed E-state index contributed by atoms with van der Waals surface area (Å²) < 4.78 is 50.5. The van der Waals surface area contributed by atoms with Crippen molar-refractivity contribution in [3.63, 3.8) is 0 Å². The summed E-state index contributed by atoms with van der Waals surface area (Å²) in [5.74, 6) is -0.656. The Morgan fingerprint density at radius 2 is 2.14 bits per heavy atom. The molecular weight excluding hydrogens is 378 g/mol. The number of hydrogen-bond donors (Lipinski definition) is 2. The molecule has 2 N–H and O–H groups in total. The van der Waals surface area contributed by atoms with Crippen molar-refractivity contribution in [1.82, 2.24) is 15.5 Å². The molecule has 1 atom stereocenters. The highest BCUT2D eigenvalue weighted by Crippen LogP contribution is 2.20. The van der Waals surface area contributed by atoms with Crippen LogP contribution in [0.1, 0.15) is 12.8 Å². The van der Waals surface area contributed by atoms with Crippen LogP contribution >= 0.6 is 0 Å². The average Bonchev–Trinajstić information content (AvgIpc) is 2.63. The quantitative estimate of drug-likeness (QED) is 0.449. The third-order valence-corrected chi connectivity index (χ3v) is 4.41. The van der Waals surface area contributed by atoms with Crippen molar-refractivity contribution in [3.8, 4) is 0 Å². The maximum Gasteiger partial charge on any atom is 0.406 e. The molecule has 0 bridgehead atoms. The number of benzene rings is 1. The summed E-state index contributed by atoms with van der Waals surface area (Å²) in [5.41, 5.74) is 0.790. The van der Waals surface area contributed by atoms with Crippen LogP contribution in [-0.2, 0) is 4.79 Å². The number of likely N-dealkylation sites (N-methyl/N-ethyl adjacent to an activating group) is 1. The number of anilines is 1. The van der Waals surface area contributed by atoms with Crippen LogP contribution in [0.5, 0.6) is 0 Å². The molecular formula is C18H25F4N5O. The smallest absolute Gasteiger partial charge is 0.369 e. The van der Waals surface area contributed by atoms with E-state index in [9.17, 15) is 22.4 Å². The van der Waals surface area contributed by atoms with Gasteiger partial charge in [0, 0.05) is 38.9 Å². The number of piperidine rings is 1. The normalized spacial score (nSPS) is 18.0. The first kappa shape index (κ1) is 21.8. The van der Waals surface area contributed by atoms with Crippen LogP contribution in [0, 0.1) is 5.82 Å². The lowest BCUT2D eigenvalue weighted by Gasteiger charge is -2.35. The first-order valence-corrected chi connectivity index (χ1v) is 8.96. The summed E-state index contributed by atoms with van der Waals surface area (Å²) in [6, 6.07) is 6.37. The second-order valence-electron chi connectivity index (χ2n) is 6.70. The average molecular weight is 403 g/mol. The molecule has 1 aliphatic rings. The van der Waals surface area contributed by atoms with Gasteiger partial charge in [-0.3, -0.25) is 9.79 Å². The van der Waals surface area contributed by atoms with E-state index >= 15 is 0 Å². The van der Waals surface area contributed by atoms with Crippen molar-refractivity contribution < 1.29 is 22.4 Å². The Labute approximate surface area is 161 Å². The van der Waals surface area contributed by atoms with Crippen LogP contribution in [-0.4, -0.2) is 69.3 Å². The molecule has 1 aromatic carbocycles. The number of amides is 1.